The number of sulfonamides is 1. The Morgan fingerprint density at radius 3 is 2.19 bits per heavy atom. The number of nitrogens with zero attached hydrogens (tertiary/aromatic N) is 1. The molecule has 7 heteroatoms. The van der Waals surface area contributed by atoms with Gasteiger partial charge in [0.05, 0.1) is 15.0 Å². The summed E-state index contributed by atoms with van der Waals surface area (Å²) >= 11 is 0. The molecule has 0 N–H and O–H groups in total. The minimum absolute atomic E-state index is 0.00370. The number of aryl methyl sites for hydroxylation is 1. The van der Waals surface area contributed by atoms with Gasteiger partial charge in [0.1, 0.15) is 0 Å². The molecule has 0 saturated carbocycles. The van der Waals surface area contributed by atoms with Gasteiger partial charge in [0.25, 0.3) is 0 Å². The lowest BCUT2D eigenvalue weighted by Crippen LogP contribution is -2.32. The SMILES string of the molecule is CCCc1ccc(S(=O)(=O)N2CCC(S(=O)(=O)c3ccccc3)C2)cc1. The van der Waals surface area contributed by atoms with E-state index >= 15 is 0 Å². The van der Waals surface area contributed by atoms with Crippen LogP contribution in [0.3, 0.4) is 0 Å². The Hall–Kier alpha value is -1.70. The lowest BCUT2D eigenvalue weighted by atomic mass is 10.1. The van der Waals surface area contributed by atoms with E-state index in [4.69, 9.17) is 0 Å². The third kappa shape index (κ3) is 3.70. The van der Waals surface area contributed by atoms with Crippen molar-refractivity contribution in [2.24, 2.45) is 0 Å². The highest BCUT2D eigenvalue weighted by Gasteiger charge is 2.39. The van der Waals surface area contributed by atoms with Crippen LogP contribution in [0.15, 0.2) is 64.4 Å². The molecule has 26 heavy (non-hydrogen) atoms. The first-order valence-electron chi connectivity index (χ1n) is 8.73. The van der Waals surface area contributed by atoms with Crippen LogP contribution in [0.25, 0.3) is 0 Å². The van der Waals surface area contributed by atoms with E-state index in [1.807, 2.05) is 12.1 Å². The van der Waals surface area contributed by atoms with Gasteiger partial charge < -0.3 is 0 Å². The molecule has 1 fully saturated rings. The Morgan fingerprint density at radius 2 is 1.58 bits per heavy atom. The smallest absolute Gasteiger partial charge is 0.223 e. The van der Waals surface area contributed by atoms with E-state index in [0.717, 1.165) is 18.4 Å². The molecule has 0 aliphatic carbocycles. The fraction of sp³-hybridized carbons (Fsp3) is 0.368. The topological polar surface area (TPSA) is 71.5 Å². The lowest BCUT2D eigenvalue weighted by molar-refractivity contribution is 0.476. The molecule has 1 unspecified atom stereocenters. The van der Waals surface area contributed by atoms with Crippen molar-refractivity contribution in [3.05, 3.63) is 60.2 Å². The zero-order valence-corrected chi connectivity index (χ0v) is 16.3. The molecule has 0 radical (unpaired) electrons. The fourth-order valence-corrected chi connectivity index (χ4v) is 6.55. The quantitative estimate of drug-likeness (QED) is 0.757. The highest BCUT2D eigenvalue weighted by Crippen LogP contribution is 2.28. The van der Waals surface area contributed by atoms with Crippen LogP contribution in [-0.2, 0) is 26.3 Å². The first-order chi connectivity index (χ1) is 12.4. The van der Waals surface area contributed by atoms with Crippen LogP contribution in [0, 0.1) is 0 Å². The maximum absolute atomic E-state index is 12.8. The Kier molecular flexibility index (Phi) is 5.50. The number of hydrogen-bond acceptors (Lipinski definition) is 4. The van der Waals surface area contributed by atoms with Gasteiger partial charge in [0, 0.05) is 13.1 Å². The van der Waals surface area contributed by atoms with Crippen molar-refractivity contribution in [3.63, 3.8) is 0 Å². The van der Waals surface area contributed by atoms with Gasteiger partial charge in [-0.05, 0) is 42.7 Å². The Morgan fingerprint density at radius 1 is 0.923 bits per heavy atom. The zero-order chi connectivity index (χ0) is 18.8. The molecule has 2 aromatic rings. The van der Waals surface area contributed by atoms with Gasteiger partial charge in [-0.1, -0.05) is 43.7 Å². The summed E-state index contributed by atoms with van der Waals surface area (Å²) in [5.74, 6) is 0. The summed E-state index contributed by atoms with van der Waals surface area (Å²) < 4.78 is 52.4. The highest BCUT2D eigenvalue weighted by molar-refractivity contribution is 7.92. The molecule has 1 aliphatic rings. The number of rotatable bonds is 6. The van der Waals surface area contributed by atoms with Crippen LogP contribution in [0.4, 0.5) is 0 Å². The van der Waals surface area contributed by atoms with Crippen LogP contribution in [-0.4, -0.2) is 39.5 Å². The van der Waals surface area contributed by atoms with Gasteiger partial charge in [0.2, 0.25) is 10.0 Å². The molecule has 3 rings (SSSR count). The second-order valence-electron chi connectivity index (χ2n) is 6.53. The minimum Gasteiger partial charge on any atom is -0.223 e. The normalized spacial score (nSPS) is 18.9. The van der Waals surface area contributed by atoms with E-state index in [1.54, 1.807) is 42.5 Å². The van der Waals surface area contributed by atoms with Crippen LogP contribution in [0.2, 0.25) is 0 Å². The first-order valence-corrected chi connectivity index (χ1v) is 11.7. The van der Waals surface area contributed by atoms with Gasteiger partial charge in [0.15, 0.2) is 9.84 Å². The van der Waals surface area contributed by atoms with E-state index in [0.29, 0.717) is 6.42 Å². The zero-order valence-electron chi connectivity index (χ0n) is 14.7. The van der Waals surface area contributed by atoms with Crippen LogP contribution < -0.4 is 0 Å². The van der Waals surface area contributed by atoms with Crippen molar-refractivity contribution < 1.29 is 16.8 Å². The number of sulfone groups is 1. The maximum atomic E-state index is 12.8. The predicted octanol–water partition coefficient (Wildman–Crippen LogP) is 2.88. The van der Waals surface area contributed by atoms with E-state index in [9.17, 15) is 16.8 Å². The molecule has 0 bridgehead atoms. The van der Waals surface area contributed by atoms with E-state index in [1.165, 1.54) is 4.31 Å². The van der Waals surface area contributed by atoms with Crippen molar-refractivity contribution in [2.75, 3.05) is 13.1 Å². The predicted molar refractivity (Wildman–Crippen MR) is 101 cm³/mol. The molecule has 0 aromatic heterocycles. The monoisotopic (exact) mass is 393 g/mol. The highest BCUT2D eigenvalue weighted by atomic mass is 32.2. The Labute approximate surface area is 155 Å². The molecule has 1 saturated heterocycles. The summed E-state index contributed by atoms with van der Waals surface area (Å²) in [5, 5.41) is -0.709. The molecule has 2 aromatic carbocycles. The van der Waals surface area contributed by atoms with Crippen LogP contribution in [0.5, 0.6) is 0 Å². The third-order valence-electron chi connectivity index (χ3n) is 4.72. The van der Waals surface area contributed by atoms with Gasteiger partial charge in [-0.25, -0.2) is 16.8 Å². The van der Waals surface area contributed by atoms with Crippen molar-refractivity contribution in [2.45, 2.75) is 41.2 Å². The second kappa shape index (κ2) is 7.50. The molecule has 5 nitrogen and oxygen atoms in total. The second-order valence-corrected chi connectivity index (χ2v) is 10.7. The summed E-state index contributed by atoms with van der Waals surface area (Å²) in [4.78, 5) is 0.461. The van der Waals surface area contributed by atoms with Crippen LogP contribution in [0.1, 0.15) is 25.3 Å². The maximum Gasteiger partial charge on any atom is 0.243 e. The van der Waals surface area contributed by atoms with Gasteiger partial charge in [-0.15, -0.1) is 0 Å². The number of hydrogen-bond donors (Lipinski definition) is 0. The Bertz CT molecular complexity index is 952. The van der Waals surface area contributed by atoms with Crippen molar-refractivity contribution >= 4 is 19.9 Å². The van der Waals surface area contributed by atoms with Crippen molar-refractivity contribution in [3.8, 4) is 0 Å². The Balaban J connectivity index is 1.79. The summed E-state index contributed by atoms with van der Waals surface area (Å²) in [7, 11) is -7.21. The molecular weight excluding hydrogens is 370 g/mol. The van der Waals surface area contributed by atoms with E-state index in [-0.39, 0.29) is 22.9 Å². The molecule has 0 spiro atoms. The number of benzene rings is 2. The summed E-state index contributed by atoms with van der Waals surface area (Å²) in [6, 6.07) is 15.1. The molecule has 0 amide bonds. The largest absolute Gasteiger partial charge is 0.243 e. The fourth-order valence-electron chi connectivity index (χ4n) is 3.24. The van der Waals surface area contributed by atoms with Crippen molar-refractivity contribution in [1.29, 1.82) is 0 Å². The third-order valence-corrected chi connectivity index (χ3v) is 8.79. The molecular formula is C19H23NO4S2. The summed E-state index contributed by atoms with van der Waals surface area (Å²) in [6.07, 6.45) is 2.21. The summed E-state index contributed by atoms with van der Waals surface area (Å²) in [6.45, 7) is 2.29. The molecule has 1 atom stereocenters. The van der Waals surface area contributed by atoms with Gasteiger partial charge >= 0.3 is 0 Å². The standard InChI is InChI=1S/C19H23NO4S2/c1-2-6-16-9-11-18(12-10-16)26(23,24)20-14-13-19(15-20)25(21,22)17-7-4-3-5-8-17/h3-5,7-12,19H,2,6,13-15H2,1H3. The van der Waals surface area contributed by atoms with Gasteiger partial charge in [-0.2, -0.15) is 4.31 Å². The molecule has 1 heterocycles. The first kappa shape index (κ1) is 19.1. The molecule has 1 aliphatic heterocycles. The van der Waals surface area contributed by atoms with Crippen LogP contribution >= 0.6 is 0 Å². The van der Waals surface area contributed by atoms with Crippen molar-refractivity contribution in [1.82, 2.24) is 4.31 Å². The summed E-state index contributed by atoms with van der Waals surface area (Å²) in [5.41, 5.74) is 1.09. The average molecular weight is 394 g/mol. The van der Waals surface area contributed by atoms with Gasteiger partial charge in [-0.3, -0.25) is 0 Å². The van der Waals surface area contributed by atoms with E-state index in [2.05, 4.69) is 6.92 Å². The van der Waals surface area contributed by atoms with E-state index < -0.39 is 25.1 Å². The molecule has 140 valence electrons. The minimum atomic E-state index is -3.68. The lowest BCUT2D eigenvalue weighted by Gasteiger charge is -2.17. The average Bonchev–Trinajstić information content (AvgIpc) is 3.15.